The van der Waals surface area contributed by atoms with E-state index in [4.69, 9.17) is 4.74 Å². The zero-order chi connectivity index (χ0) is 17.5. The Labute approximate surface area is 156 Å². The van der Waals surface area contributed by atoms with Gasteiger partial charge in [0.15, 0.2) is 0 Å². The Morgan fingerprint density at radius 3 is 2.27 bits per heavy atom. The number of rotatable bonds is 1. The van der Waals surface area contributed by atoms with Crippen LogP contribution in [0.2, 0.25) is 0 Å². The lowest BCUT2D eigenvalue weighted by Crippen LogP contribution is -2.45. The lowest BCUT2D eigenvalue weighted by molar-refractivity contribution is -0.160. The van der Waals surface area contributed by atoms with E-state index in [1.54, 1.807) is 7.11 Å². The van der Waals surface area contributed by atoms with E-state index in [-0.39, 0.29) is 11.4 Å². The van der Waals surface area contributed by atoms with Crippen LogP contribution in [0.5, 0.6) is 0 Å². The van der Waals surface area contributed by atoms with Crippen LogP contribution in [-0.4, -0.2) is 13.1 Å². The molecule has 0 unspecified atom stereocenters. The van der Waals surface area contributed by atoms with Gasteiger partial charge in [0, 0.05) is 0 Å². The summed E-state index contributed by atoms with van der Waals surface area (Å²) in [6.07, 6.45) is 5.75. The maximum Gasteiger partial charge on any atom is 0.312 e. The average Bonchev–Trinajstić information content (AvgIpc) is 3.36. The second kappa shape index (κ2) is 3.57. The number of carbonyl (C=O) groups excluding carboxylic acids is 1. The van der Waals surface area contributed by atoms with Crippen molar-refractivity contribution in [1.29, 1.82) is 0 Å². The molecule has 2 nitrogen and oxygen atoms in total. The Morgan fingerprint density at radius 1 is 0.808 bits per heavy atom. The summed E-state index contributed by atoms with van der Waals surface area (Å²) in [5.74, 6) is 10.7. The first-order valence-corrected chi connectivity index (χ1v) is 11.5. The van der Waals surface area contributed by atoms with Gasteiger partial charge in [-0.3, -0.25) is 4.79 Å². The van der Waals surface area contributed by atoms with E-state index < -0.39 is 0 Å². The van der Waals surface area contributed by atoms with Gasteiger partial charge in [0.2, 0.25) is 0 Å². The molecule has 0 N–H and O–H groups in total. The van der Waals surface area contributed by atoms with Crippen molar-refractivity contribution in [3.63, 3.8) is 0 Å². The standard InChI is InChI=1S/C24H32O2/c1-22-8-7-11-16-14-13-15(24(16,3)21(25)26-4)9-5-6-10-12(9)18(13)23(2,20(10)22)19(14)17(11)22/h9-20H,5-8H2,1-4H3/t9-,10-,11-,12-,13-,14+,15-,16+,17+,18-,19-,20-,22+,23+,24+/m1/s1. The zero-order valence-electron chi connectivity index (χ0n) is 16.6. The molecule has 0 saturated heterocycles. The topological polar surface area (TPSA) is 26.3 Å². The number of hydrogen-bond acceptors (Lipinski definition) is 2. The molecule has 0 radical (unpaired) electrons. The molecule has 2 heteroatoms. The molecule has 0 heterocycles. The average molecular weight is 353 g/mol. The van der Waals surface area contributed by atoms with Crippen molar-refractivity contribution < 1.29 is 9.53 Å². The Bertz CT molecular complexity index is 789. The van der Waals surface area contributed by atoms with Crippen LogP contribution in [0.1, 0.15) is 46.5 Å². The molecule has 0 aromatic carbocycles. The highest BCUT2D eigenvalue weighted by Crippen LogP contribution is 2.95. The molecule has 0 amide bonds. The summed E-state index contributed by atoms with van der Waals surface area (Å²) in [6, 6.07) is 0. The molecule has 8 rings (SSSR count). The van der Waals surface area contributed by atoms with Gasteiger partial charge in [0.1, 0.15) is 0 Å². The van der Waals surface area contributed by atoms with E-state index >= 15 is 0 Å². The van der Waals surface area contributed by atoms with E-state index in [1.807, 2.05) is 0 Å². The monoisotopic (exact) mass is 352 g/mol. The summed E-state index contributed by atoms with van der Waals surface area (Å²) in [5.41, 5.74) is 1.04. The Morgan fingerprint density at radius 2 is 1.50 bits per heavy atom. The molecule has 0 aromatic rings. The molecule has 8 fully saturated rings. The van der Waals surface area contributed by atoms with Gasteiger partial charge in [-0.15, -0.1) is 0 Å². The molecule has 0 aliphatic heterocycles. The van der Waals surface area contributed by atoms with Crippen molar-refractivity contribution >= 4 is 5.97 Å². The number of fused-ring (bicyclic) bond motifs is 4. The van der Waals surface area contributed by atoms with Gasteiger partial charge in [0.05, 0.1) is 12.5 Å². The fraction of sp³-hybridized carbons (Fsp3) is 0.958. The number of methoxy groups -OCH3 is 1. The summed E-state index contributed by atoms with van der Waals surface area (Å²) >= 11 is 0. The van der Waals surface area contributed by atoms with Gasteiger partial charge >= 0.3 is 5.97 Å². The van der Waals surface area contributed by atoms with Gasteiger partial charge in [-0.1, -0.05) is 13.8 Å². The minimum Gasteiger partial charge on any atom is -0.469 e. The van der Waals surface area contributed by atoms with Crippen LogP contribution in [0.3, 0.4) is 0 Å². The quantitative estimate of drug-likeness (QED) is 0.660. The molecule has 0 bridgehead atoms. The van der Waals surface area contributed by atoms with Crippen LogP contribution < -0.4 is 0 Å². The first kappa shape index (κ1) is 14.5. The number of hydrogen-bond donors (Lipinski definition) is 0. The van der Waals surface area contributed by atoms with Crippen LogP contribution in [0, 0.1) is 87.3 Å². The second-order valence-corrected chi connectivity index (χ2v) is 12.6. The maximum atomic E-state index is 13.4. The third-order valence-corrected chi connectivity index (χ3v) is 13.1. The SMILES string of the molecule is COC(=O)[C@@]1(C)[C@@H]2[C@@H]3CC[C@@H]4[C@@H]3[C@@H]3[C@@H]2[C@H]2[C@@H]1[C@H]1CC[C@@]5(C)[C@@H]1[C@@H]2[C@@]3(C)[C@H]45. The predicted octanol–water partition coefficient (Wildman–Crippen LogP) is 4.24. The first-order valence-electron chi connectivity index (χ1n) is 11.5. The summed E-state index contributed by atoms with van der Waals surface area (Å²) in [5, 5.41) is 0. The van der Waals surface area contributed by atoms with Crippen LogP contribution in [0.15, 0.2) is 0 Å². The van der Waals surface area contributed by atoms with E-state index in [2.05, 4.69) is 20.8 Å². The summed E-state index contributed by atoms with van der Waals surface area (Å²) in [4.78, 5) is 13.4. The predicted molar refractivity (Wildman–Crippen MR) is 96.7 cm³/mol. The van der Waals surface area contributed by atoms with Gasteiger partial charge < -0.3 is 4.74 Å². The maximum absolute atomic E-state index is 13.4. The van der Waals surface area contributed by atoms with E-state index in [0.29, 0.717) is 22.7 Å². The molecule has 8 aliphatic carbocycles. The van der Waals surface area contributed by atoms with Crippen molar-refractivity contribution in [2.45, 2.75) is 46.5 Å². The molecular formula is C24H32O2. The van der Waals surface area contributed by atoms with Crippen molar-refractivity contribution in [2.24, 2.45) is 87.3 Å². The minimum atomic E-state index is -0.176. The largest absolute Gasteiger partial charge is 0.469 e. The van der Waals surface area contributed by atoms with Crippen LogP contribution in [0.25, 0.3) is 0 Å². The Balaban J connectivity index is 1.48. The molecule has 0 spiro atoms. The molecule has 8 aliphatic rings. The number of esters is 1. The van der Waals surface area contributed by atoms with E-state index in [0.717, 1.165) is 59.2 Å². The Kier molecular flexibility index (Phi) is 1.98. The second-order valence-electron chi connectivity index (χ2n) is 12.6. The molecular weight excluding hydrogens is 320 g/mol. The molecule has 15 atom stereocenters. The number of carbonyl (C=O) groups is 1. The van der Waals surface area contributed by atoms with E-state index in [9.17, 15) is 4.79 Å². The van der Waals surface area contributed by atoms with Crippen LogP contribution >= 0.6 is 0 Å². The van der Waals surface area contributed by atoms with Gasteiger partial charge in [0.25, 0.3) is 0 Å². The number of ether oxygens (including phenoxy) is 1. The van der Waals surface area contributed by atoms with Gasteiger partial charge in [-0.05, 0) is 114 Å². The third kappa shape index (κ3) is 0.937. The van der Waals surface area contributed by atoms with Crippen molar-refractivity contribution in [1.82, 2.24) is 0 Å². The fourth-order valence-corrected chi connectivity index (χ4v) is 14.0. The van der Waals surface area contributed by atoms with Crippen LogP contribution in [-0.2, 0) is 9.53 Å². The van der Waals surface area contributed by atoms with Crippen LogP contribution in [0.4, 0.5) is 0 Å². The highest BCUT2D eigenvalue weighted by molar-refractivity contribution is 5.79. The molecule has 140 valence electrons. The van der Waals surface area contributed by atoms with Crippen molar-refractivity contribution in [2.75, 3.05) is 7.11 Å². The molecule has 0 aromatic heterocycles. The first-order chi connectivity index (χ1) is 12.4. The van der Waals surface area contributed by atoms with Crippen molar-refractivity contribution in [3.8, 4) is 0 Å². The summed E-state index contributed by atoms with van der Waals surface area (Å²) < 4.78 is 5.56. The molecule has 8 saturated carbocycles. The smallest absolute Gasteiger partial charge is 0.312 e. The summed E-state index contributed by atoms with van der Waals surface area (Å²) in [7, 11) is 1.66. The third-order valence-electron chi connectivity index (χ3n) is 13.1. The lowest BCUT2D eigenvalue weighted by atomic mass is 9.61. The highest BCUT2D eigenvalue weighted by Gasteiger charge is 2.92. The highest BCUT2D eigenvalue weighted by atomic mass is 16.5. The Hall–Kier alpha value is -0.530. The summed E-state index contributed by atoms with van der Waals surface area (Å²) in [6.45, 7) is 7.86. The zero-order valence-corrected chi connectivity index (χ0v) is 16.6. The molecule has 26 heavy (non-hydrogen) atoms. The van der Waals surface area contributed by atoms with Gasteiger partial charge in [-0.25, -0.2) is 0 Å². The lowest BCUT2D eigenvalue weighted by Gasteiger charge is -2.43. The fourth-order valence-electron chi connectivity index (χ4n) is 14.0. The normalized spacial score (nSPS) is 77.2. The van der Waals surface area contributed by atoms with Gasteiger partial charge in [-0.2, -0.15) is 0 Å². The minimum absolute atomic E-state index is 0.164. The van der Waals surface area contributed by atoms with Crippen molar-refractivity contribution in [3.05, 3.63) is 0 Å². The van der Waals surface area contributed by atoms with E-state index in [1.165, 1.54) is 25.7 Å².